The van der Waals surface area contributed by atoms with E-state index in [0.29, 0.717) is 6.04 Å². The summed E-state index contributed by atoms with van der Waals surface area (Å²) in [5.74, 6) is -0.0571. The molecule has 13 heavy (non-hydrogen) atoms. The van der Waals surface area contributed by atoms with Gasteiger partial charge in [0.1, 0.15) is 0 Å². The quantitative estimate of drug-likeness (QED) is 0.615. The Kier molecular flexibility index (Phi) is 3.60. The van der Waals surface area contributed by atoms with Crippen molar-refractivity contribution in [3.63, 3.8) is 0 Å². The summed E-state index contributed by atoms with van der Waals surface area (Å²) in [4.78, 5) is 17.0. The highest BCUT2D eigenvalue weighted by molar-refractivity contribution is 5.95. The Hall–Kier alpha value is -0.700. The molecule has 1 fully saturated rings. The van der Waals surface area contributed by atoms with Crippen LogP contribution in [-0.4, -0.2) is 36.7 Å². The molecule has 1 aliphatic carbocycles. The first-order valence-corrected chi connectivity index (χ1v) is 4.83. The van der Waals surface area contributed by atoms with Gasteiger partial charge < -0.3 is 4.90 Å². The summed E-state index contributed by atoms with van der Waals surface area (Å²) in [6.07, 6.45) is 4.25. The molecule has 0 unspecified atom stereocenters. The largest absolute Gasteiger partial charge is 0.306 e. The molecule has 1 rings (SSSR count). The maximum Gasteiger partial charge on any atom is 0.242 e. The van der Waals surface area contributed by atoms with Crippen LogP contribution in [0.4, 0.5) is 0 Å². The van der Waals surface area contributed by atoms with Gasteiger partial charge in [0.15, 0.2) is 0 Å². The Labute approximate surface area is 79.8 Å². The van der Waals surface area contributed by atoms with Crippen LogP contribution in [0.25, 0.3) is 0 Å². The van der Waals surface area contributed by atoms with Crippen LogP contribution in [0.2, 0.25) is 0 Å². The third-order valence-corrected chi connectivity index (χ3v) is 2.58. The standard InChI is InChI=1S/C10H18N2O/c1-8(13)11-9-4-6-10(7-5-9)12(2)3/h10H,4-7H2,1-3H3. The highest BCUT2D eigenvalue weighted by atomic mass is 16.1. The van der Waals surface area contributed by atoms with E-state index in [1.54, 1.807) is 0 Å². The molecule has 0 spiro atoms. The fraction of sp³-hybridized carbons (Fsp3) is 0.800. The van der Waals surface area contributed by atoms with Gasteiger partial charge in [0.05, 0.1) is 0 Å². The van der Waals surface area contributed by atoms with Crippen molar-refractivity contribution >= 4 is 11.6 Å². The van der Waals surface area contributed by atoms with Crippen molar-refractivity contribution < 1.29 is 4.79 Å². The first-order valence-electron chi connectivity index (χ1n) is 4.83. The van der Waals surface area contributed by atoms with Crippen molar-refractivity contribution in [2.75, 3.05) is 14.1 Å². The summed E-state index contributed by atoms with van der Waals surface area (Å²) < 4.78 is 0. The van der Waals surface area contributed by atoms with Crippen molar-refractivity contribution in [3.05, 3.63) is 0 Å². The second-order valence-corrected chi connectivity index (χ2v) is 3.89. The van der Waals surface area contributed by atoms with Gasteiger partial charge in [0.25, 0.3) is 0 Å². The average Bonchev–Trinajstić information content (AvgIpc) is 2.04. The maximum absolute atomic E-state index is 10.7. The van der Waals surface area contributed by atoms with Gasteiger partial charge in [-0.05, 0) is 39.8 Å². The maximum atomic E-state index is 10.7. The van der Waals surface area contributed by atoms with Gasteiger partial charge in [-0.25, -0.2) is 4.99 Å². The normalized spacial score (nSPS) is 23.4. The summed E-state index contributed by atoms with van der Waals surface area (Å²) >= 11 is 0. The summed E-state index contributed by atoms with van der Waals surface area (Å²) in [7, 11) is 4.22. The predicted octanol–water partition coefficient (Wildman–Crippen LogP) is 1.48. The van der Waals surface area contributed by atoms with E-state index < -0.39 is 0 Å². The van der Waals surface area contributed by atoms with E-state index in [0.717, 1.165) is 31.4 Å². The molecule has 0 aliphatic heterocycles. The third-order valence-electron chi connectivity index (χ3n) is 2.58. The topological polar surface area (TPSA) is 32.7 Å². The fourth-order valence-corrected chi connectivity index (χ4v) is 1.79. The van der Waals surface area contributed by atoms with E-state index in [1.807, 2.05) is 0 Å². The van der Waals surface area contributed by atoms with Crippen molar-refractivity contribution in [1.82, 2.24) is 4.90 Å². The van der Waals surface area contributed by atoms with Crippen molar-refractivity contribution in [1.29, 1.82) is 0 Å². The number of carbonyl (C=O) groups excluding carboxylic acids is 1. The van der Waals surface area contributed by atoms with Crippen molar-refractivity contribution in [2.45, 2.75) is 38.6 Å². The van der Waals surface area contributed by atoms with Gasteiger partial charge in [-0.3, -0.25) is 4.79 Å². The minimum atomic E-state index is -0.0571. The number of nitrogens with zero attached hydrogens (tertiary/aromatic N) is 2. The van der Waals surface area contributed by atoms with Gasteiger partial charge in [-0.2, -0.15) is 0 Å². The predicted molar refractivity (Wildman–Crippen MR) is 54.1 cm³/mol. The molecule has 0 aromatic carbocycles. The summed E-state index contributed by atoms with van der Waals surface area (Å²) in [5.41, 5.74) is 1.09. The molecule has 0 bridgehead atoms. The van der Waals surface area contributed by atoms with Gasteiger partial charge in [-0.15, -0.1) is 0 Å². The molecular weight excluding hydrogens is 164 g/mol. The van der Waals surface area contributed by atoms with Gasteiger partial charge in [0, 0.05) is 18.7 Å². The molecule has 3 heteroatoms. The zero-order chi connectivity index (χ0) is 9.84. The third kappa shape index (κ3) is 3.27. The summed E-state index contributed by atoms with van der Waals surface area (Å²) in [5, 5.41) is 0. The Morgan fingerprint density at radius 2 is 1.92 bits per heavy atom. The Bertz CT molecular complexity index is 211. The SMILES string of the molecule is CC(=O)N=C1CCC(N(C)C)CC1. The average molecular weight is 182 g/mol. The number of hydrogen-bond acceptors (Lipinski definition) is 2. The first kappa shape index (κ1) is 10.4. The number of carbonyl (C=O) groups is 1. The van der Waals surface area contributed by atoms with E-state index in [1.165, 1.54) is 6.92 Å². The van der Waals surface area contributed by atoms with Crippen LogP contribution in [0.5, 0.6) is 0 Å². The highest BCUT2D eigenvalue weighted by Crippen LogP contribution is 2.19. The molecule has 0 radical (unpaired) electrons. The van der Waals surface area contributed by atoms with Crippen LogP contribution in [0.3, 0.4) is 0 Å². The number of amides is 1. The molecule has 0 saturated heterocycles. The molecule has 74 valence electrons. The lowest BCUT2D eigenvalue weighted by Crippen LogP contribution is -2.32. The minimum Gasteiger partial charge on any atom is -0.306 e. The van der Waals surface area contributed by atoms with Gasteiger partial charge in [0.2, 0.25) is 5.91 Å². The minimum absolute atomic E-state index is 0.0571. The Morgan fingerprint density at radius 3 is 2.31 bits per heavy atom. The number of aliphatic imine (C=N–C) groups is 1. The zero-order valence-corrected chi connectivity index (χ0v) is 8.71. The molecule has 1 amide bonds. The molecule has 3 nitrogen and oxygen atoms in total. The summed E-state index contributed by atoms with van der Waals surface area (Å²) in [6, 6.07) is 0.672. The smallest absolute Gasteiger partial charge is 0.242 e. The molecule has 0 heterocycles. The van der Waals surface area contributed by atoms with E-state index in [-0.39, 0.29) is 5.91 Å². The van der Waals surface area contributed by atoms with Crippen LogP contribution < -0.4 is 0 Å². The van der Waals surface area contributed by atoms with Crippen LogP contribution >= 0.6 is 0 Å². The summed E-state index contributed by atoms with van der Waals surface area (Å²) in [6.45, 7) is 1.52. The molecule has 1 aliphatic rings. The molecule has 0 N–H and O–H groups in total. The van der Waals surface area contributed by atoms with E-state index in [9.17, 15) is 4.79 Å². The molecule has 1 saturated carbocycles. The fourth-order valence-electron chi connectivity index (χ4n) is 1.79. The lowest BCUT2D eigenvalue weighted by atomic mass is 9.93. The number of rotatable bonds is 1. The van der Waals surface area contributed by atoms with E-state index >= 15 is 0 Å². The Morgan fingerprint density at radius 1 is 1.38 bits per heavy atom. The lowest BCUT2D eigenvalue weighted by molar-refractivity contribution is -0.115. The van der Waals surface area contributed by atoms with Gasteiger partial charge >= 0.3 is 0 Å². The van der Waals surface area contributed by atoms with Crippen LogP contribution in [-0.2, 0) is 4.79 Å². The Balaban J connectivity index is 2.43. The van der Waals surface area contributed by atoms with Crippen LogP contribution in [0.1, 0.15) is 32.6 Å². The molecule has 0 aromatic heterocycles. The van der Waals surface area contributed by atoms with Crippen molar-refractivity contribution in [3.8, 4) is 0 Å². The zero-order valence-electron chi connectivity index (χ0n) is 8.71. The molecule has 0 aromatic rings. The van der Waals surface area contributed by atoms with Crippen LogP contribution in [0, 0.1) is 0 Å². The van der Waals surface area contributed by atoms with Crippen LogP contribution in [0.15, 0.2) is 4.99 Å². The number of hydrogen-bond donors (Lipinski definition) is 0. The molecular formula is C10H18N2O. The highest BCUT2D eigenvalue weighted by Gasteiger charge is 2.18. The lowest BCUT2D eigenvalue weighted by Gasteiger charge is -2.28. The van der Waals surface area contributed by atoms with Gasteiger partial charge in [-0.1, -0.05) is 0 Å². The van der Waals surface area contributed by atoms with Crippen molar-refractivity contribution in [2.24, 2.45) is 4.99 Å². The monoisotopic (exact) mass is 182 g/mol. The second-order valence-electron chi connectivity index (χ2n) is 3.89. The second kappa shape index (κ2) is 4.51. The first-order chi connectivity index (χ1) is 6.09. The molecule has 0 atom stereocenters. The van der Waals surface area contributed by atoms with E-state index in [4.69, 9.17) is 0 Å². The van der Waals surface area contributed by atoms with E-state index in [2.05, 4.69) is 24.0 Å².